The Morgan fingerprint density at radius 3 is 2.50 bits per heavy atom. The molecule has 24 heavy (non-hydrogen) atoms. The molecule has 1 aliphatic rings. The second kappa shape index (κ2) is 9.67. The number of pyridine rings is 1. The Bertz CT molecular complexity index is 602. The molecule has 2 heterocycles. The van der Waals surface area contributed by atoms with E-state index in [4.69, 9.17) is 14.6 Å². The molecule has 1 aromatic heterocycles. The minimum Gasteiger partial charge on any atom is -0.497 e. The van der Waals surface area contributed by atoms with E-state index in [0.29, 0.717) is 0 Å². The summed E-state index contributed by atoms with van der Waals surface area (Å²) in [5, 5.41) is 6.89. The number of carbonyl (C=O) groups is 1. The highest BCUT2D eigenvalue weighted by atomic mass is 16.5. The highest BCUT2D eigenvalue weighted by molar-refractivity contribution is 5.32. The Morgan fingerprint density at radius 1 is 1.21 bits per heavy atom. The second-order valence-electron chi connectivity index (χ2n) is 5.90. The molecule has 128 valence electrons. The van der Waals surface area contributed by atoms with E-state index in [1.54, 1.807) is 7.11 Å². The van der Waals surface area contributed by atoms with E-state index in [2.05, 4.69) is 46.3 Å². The first kappa shape index (κ1) is 17.9. The van der Waals surface area contributed by atoms with Crippen molar-refractivity contribution in [2.75, 3.05) is 20.2 Å². The molecule has 0 radical (unpaired) electrons. The molecule has 3 rings (SSSR count). The van der Waals surface area contributed by atoms with Crippen LogP contribution in [-0.2, 0) is 17.8 Å². The van der Waals surface area contributed by atoms with Gasteiger partial charge in [-0.25, -0.2) is 0 Å². The van der Waals surface area contributed by atoms with E-state index in [9.17, 15) is 0 Å². The SMILES string of the molecule is COc1ccc(CC2CCN(Cc3ccncc3)C2)cc1.O=CO. The highest BCUT2D eigenvalue weighted by Crippen LogP contribution is 2.23. The van der Waals surface area contributed by atoms with E-state index in [1.165, 1.54) is 30.6 Å². The molecule has 1 unspecified atom stereocenters. The van der Waals surface area contributed by atoms with Gasteiger partial charge in [0.1, 0.15) is 5.75 Å². The van der Waals surface area contributed by atoms with Crippen LogP contribution in [0.2, 0.25) is 0 Å². The third kappa shape index (κ3) is 5.66. The predicted molar refractivity (Wildman–Crippen MR) is 93.0 cm³/mol. The third-order valence-electron chi connectivity index (χ3n) is 4.21. The van der Waals surface area contributed by atoms with Crippen molar-refractivity contribution in [1.29, 1.82) is 0 Å². The Balaban J connectivity index is 0.000000647. The van der Waals surface area contributed by atoms with Gasteiger partial charge in [-0.15, -0.1) is 0 Å². The zero-order valence-electron chi connectivity index (χ0n) is 14.0. The lowest BCUT2D eigenvalue weighted by atomic mass is 9.99. The molecule has 0 aliphatic carbocycles. The molecule has 0 amide bonds. The van der Waals surface area contributed by atoms with Gasteiger partial charge in [-0.1, -0.05) is 12.1 Å². The second-order valence-corrected chi connectivity index (χ2v) is 5.90. The summed E-state index contributed by atoms with van der Waals surface area (Å²) in [7, 11) is 1.71. The average Bonchev–Trinajstić information content (AvgIpc) is 3.04. The van der Waals surface area contributed by atoms with Crippen LogP contribution in [0.3, 0.4) is 0 Å². The lowest BCUT2D eigenvalue weighted by Gasteiger charge is -2.16. The van der Waals surface area contributed by atoms with Crippen molar-refractivity contribution in [3.05, 3.63) is 59.9 Å². The summed E-state index contributed by atoms with van der Waals surface area (Å²) in [6.45, 7) is 3.18. The molecule has 1 aromatic carbocycles. The van der Waals surface area contributed by atoms with Crippen molar-refractivity contribution in [2.45, 2.75) is 19.4 Å². The fraction of sp³-hybridized carbons (Fsp3) is 0.368. The maximum Gasteiger partial charge on any atom is 0.290 e. The summed E-state index contributed by atoms with van der Waals surface area (Å²) in [5.41, 5.74) is 2.77. The topological polar surface area (TPSA) is 62.7 Å². The Morgan fingerprint density at radius 2 is 1.88 bits per heavy atom. The van der Waals surface area contributed by atoms with Crippen molar-refractivity contribution in [3.8, 4) is 5.75 Å². The van der Waals surface area contributed by atoms with Crippen LogP contribution in [-0.4, -0.2) is 41.7 Å². The number of hydrogen-bond donors (Lipinski definition) is 1. The number of aromatic nitrogens is 1. The molecule has 2 aromatic rings. The van der Waals surface area contributed by atoms with E-state index < -0.39 is 0 Å². The Kier molecular flexibility index (Phi) is 7.23. The first-order valence-electron chi connectivity index (χ1n) is 8.07. The molecular formula is C19H24N2O3. The van der Waals surface area contributed by atoms with Gasteiger partial charge in [0.2, 0.25) is 0 Å². The van der Waals surface area contributed by atoms with Crippen LogP contribution in [0.15, 0.2) is 48.8 Å². The van der Waals surface area contributed by atoms with Crippen LogP contribution in [0.5, 0.6) is 5.75 Å². The average molecular weight is 328 g/mol. The number of rotatable bonds is 5. The monoisotopic (exact) mass is 328 g/mol. The summed E-state index contributed by atoms with van der Waals surface area (Å²) < 4.78 is 5.21. The Hall–Kier alpha value is -2.40. The smallest absolute Gasteiger partial charge is 0.290 e. The number of ether oxygens (including phenoxy) is 1. The van der Waals surface area contributed by atoms with Gasteiger partial charge < -0.3 is 9.84 Å². The molecule has 1 atom stereocenters. The molecular weight excluding hydrogens is 304 g/mol. The molecule has 5 heteroatoms. The first-order chi connectivity index (χ1) is 11.7. The quantitative estimate of drug-likeness (QED) is 0.855. The minimum atomic E-state index is -0.250. The Labute approximate surface area is 142 Å². The van der Waals surface area contributed by atoms with Crippen LogP contribution in [0.1, 0.15) is 17.5 Å². The standard InChI is InChI=1S/C18H22N2O.CH2O2/c1-21-18-4-2-15(3-5-18)12-17-8-11-20(14-17)13-16-6-9-19-10-7-16;2-1-3/h2-7,9-10,17H,8,11-14H2,1H3;1H,(H,2,3). The van der Waals surface area contributed by atoms with Crippen LogP contribution >= 0.6 is 0 Å². The molecule has 1 N–H and O–H groups in total. The van der Waals surface area contributed by atoms with E-state index >= 15 is 0 Å². The van der Waals surface area contributed by atoms with Gasteiger partial charge in [0.05, 0.1) is 7.11 Å². The van der Waals surface area contributed by atoms with Crippen molar-refractivity contribution in [3.63, 3.8) is 0 Å². The van der Waals surface area contributed by atoms with Crippen LogP contribution < -0.4 is 4.74 Å². The fourth-order valence-electron chi connectivity index (χ4n) is 3.06. The fourth-order valence-corrected chi connectivity index (χ4v) is 3.06. The van der Waals surface area contributed by atoms with Crippen molar-refractivity contribution in [2.24, 2.45) is 5.92 Å². The number of benzene rings is 1. The third-order valence-corrected chi connectivity index (χ3v) is 4.21. The van der Waals surface area contributed by atoms with Gasteiger partial charge in [0.25, 0.3) is 6.47 Å². The van der Waals surface area contributed by atoms with Gasteiger partial charge >= 0.3 is 0 Å². The molecule has 0 spiro atoms. The van der Waals surface area contributed by atoms with Gasteiger partial charge in [-0.05, 0) is 60.7 Å². The van der Waals surface area contributed by atoms with Gasteiger partial charge in [-0.3, -0.25) is 14.7 Å². The molecule has 1 aliphatic heterocycles. The van der Waals surface area contributed by atoms with Gasteiger partial charge in [-0.2, -0.15) is 0 Å². The molecule has 0 saturated carbocycles. The lowest BCUT2D eigenvalue weighted by Crippen LogP contribution is -2.20. The summed E-state index contributed by atoms with van der Waals surface area (Å²) in [5.74, 6) is 1.70. The summed E-state index contributed by atoms with van der Waals surface area (Å²) in [6.07, 6.45) is 6.20. The van der Waals surface area contributed by atoms with Crippen LogP contribution in [0, 0.1) is 5.92 Å². The zero-order chi connectivity index (χ0) is 17.2. The van der Waals surface area contributed by atoms with Crippen molar-refractivity contribution < 1.29 is 14.6 Å². The largest absolute Gasteiger partial charge is 0.497 e. The minimum absolute atomic E-state index is 0.250. The van der Waals surface area contributed by atoms with E-state index in [0.717, 1.165) is 24.6 Å². The number of carboxylic acid groups (broad SMARTS) is 1. The predicted octanol–water partition coefficient (Wildman–Crippen LogP) is 2.86. The van der Waals surface area contributed by atoms with E-state index in [1.807, 2.05) is 12.4 Å². The summed E-state index contributed by atoms with van der Waals surface area (Å²) in [6, 6.07) is 12.7. The van der Waals surface area contributed by atoms with Crippen molar-refractivity contribution in [1.82, 2.24) is 9.88 Å². The van der Waals surface area contributed by atoms with Crippen LogP contribution in [0.4, 0.5) is 0 Å². The molecule has 5 nitrogen and oxygen atoms in total. The maximum atomic E-state index is 8.36. The van der Waals surface area contributed by atoms with Crippen molar-refractivity contribution >= 4 is 6.47 Å². The molecule has 0 bridgehead atoms. The number of hydrogen-bond acceptors (Lipinski definition) is 4. The number of likely N-dealkylation sites (tertiary alicyclic amines) is 1. The lowest BCUT2D eigenvalue weighted by molar-refractivity contribution is -0.122. The van der Waals surface area contributed by atoms with Gasteiger partial charge in [0, 0.05) is 25.5 Å². The zero-order valence-corrected chi connectivity index (χ0v) is 14.0. The maximum absolute atomic E-state index is 8.36. The highest BCUT2D eigenvalue weighted by Gasteiger charge is 2.22. The molecule has 1 fully saturated rings. The van der Waals surface area contributed by atoms with E-state index in [-0.39, 0.29) is 6.47 Å². The van der Waals surface area contributed by atoms with Crippen LogP contribution in [0.25, 0.3) is 0 Å². The first-order valence-corrected chi connectivity index (χ1v) is 8.07. The normalized spacial score (nSPS) is 17.0. The molecule has 1 saturated heterocycles. The summed E-state index contributed by atoms with van der Waals surface area (Å²) in [4.78, 5) is 15.0. The number of nitrogens with zero attached hydrogens (tertiary/aromatic N) is 2. The van der Waals surface area contributed by atoms with Gasteiger partial charge in [0.15, 0.2) is 0 Å². The number of methoxy groups -OCH3 is 1. The summed E-state index contributed by atoms with van der Waals surface area (Å²) >= 11 is 0.